The van der Waals surface area contributed by atoms with Gasteiger partial charge in [0.15, 0.2) is 0 Å². The summed E-state index contributed by atoms with van der Waals surface area (Å²) in [5, 5.41) is 5.73. The van der Waals surface area contributed by atoms with Crippen molar-refractivity contribution in [3.63, 3.8) is 0 Å². The van der Waals surface area contributed by atoms with Crippen molar-refractivity contribution in [3.8, 4) is 0 Å². The van der Waals surface area contributed by atoms with Crippen LogP contribution in [0.3, 0.4) is 0 Å². The monoisotopic (exact) mass is 500 g/mol. The van der Waals surface area contributed by atoms with Crippen molar-refractivity contribution < 1.29 is 12.6 Å². The van der Waals surface area contributed by atoms with Gasteiger partial charge >= 0.3 is 10.1 Å². The molecule has 0 spiro atoms. The zero-order valence-corrected chi connectivity index (χ0v) is 20.7. The third kappa shape index (κ3) is 4.38. The predicted molar refractivity (Wildman–Crippen MR) is 131 cm³/mol. The van der Waals surface area contributed by atoms with E-state index in [-0.39, 0.29) is 10.6 Å². The van der Waals surface area contributed by atoms with Crippen molar-refractivity contribution >= 4 is 33.1 Å². The maximum atomic E-state index is 13.5. The Hall–Kier alpha value is -3.02. The third-order valence-electron chi connectivity index (χ3n) is 5.43. The van der Waals surface area contributed by atoms with E-state index in [0.717, 1.165) is 10.6 Å². The van der Waals surface area contributed by atoms with Gasteiger partial charge in [-0.25, -0.2) is 15.0 Å². The molecule has 0 fully saturated rings. The molecule has 1 unspecified atom stereocenters. The first-order valence-corrected chi connectivity index (χ1v) is 12.1. The molecule has 34 heavy (non-hydrogen) atoms. The average molecular weight is 501 g/mol. The molecule has 4 N–H and O–H groups in total. The molecule has 0 saturated carbocycles. The third-order valence-corrected chi connectivity index (χ3v) is 7.30. The summed E-state index contributed by atoms with van der Waals surface area (Å²) in [7, 11) is -2.63. The average Bonchev–Trinajstić information content (AvgIpc) is 3.15. The molecule has 178 valence electrons. The van der Waals surface area contributed by atoms with E-state index in [2.05, 4.69) is 10.1 Å². The molecule has 11 heteroatoms. The molecule has 9 nitrogen and oxygen atoms in total. The number of hydrazine groups is 1. The zero-order valence-electron chi connectivity index (χ0n) is 19.2. The van der Waals surface area contributed by atoms with Crippen LogP contribution in [0.2, 0.25) is 5.02 Å². The minimum Gasteiger partial charge on any atom is -0.278 e. The SMILES string of the molecule is Cc1cc(C)c(S(=O)(=O)OC2(N)C(c3cnn(C)c3)=NC(c3ccc(Cl)cc3)=CN2N)c(C)c1. The first-order chi connectivity index (χ1) is 15.9. The molecule has 0 radical (unpaired) electrons. The smallest absolute Gasteiger partial charge is 0.278 e. The molecule has 0 bridgehead atoms. The topological polar surface area (TPSA) is 129 Å². The number of aliphatic imine (C=N–C) groups is 1. The molecule has 1 aromatic heterocycles. The van der Waals surface area contributed by atoms with E-state index in [9.17, 15) is 8.42 Å². The van der Waals surface area contributed by atoms with Gasteiger partial charge in [0.1, 0.15) is 10.6 Å². The lowest BCUT2D eigenvalue weighted by Crippen LogP contribution is -2.66. The Morgan fingerprint density at radius 1 is 1.06 bits per heavy atom. The van der Waals surface area contributed by atoms with Crippen LogP contribution >= 0.6 is 11.6 Å². The molecule has 2 heterocycles. The van der Waals surface area contributed by atoms with Crippen molar-refractivity contribution in [2.45, 2.75) is 31.5 Å². The maximum absolute atomic E-state index is 13.5. The van der Waals surface area contributed by atoms with Gasteiger partial charge in [0.05, 0.1) is 11.9 Å². The second kappa shape index (κ2) is 8.64. The second-order valence-electron chi connectivity index (χ2n) is 8.25. The maximum Gasteiger partial charge on any atom is 0.301 e. The summed E-state index contributed by atoms with van der Waals surface area (Å²) < 4.78 is 34.2. The summed E-state index contributed by atoms with van der Waals surface area (Å²) >= 11 is 6.01. The Bertz CT molecular complexity index is 1410. The quantitative estimate of drug-likeness (QED) is 0.313. The lowest BCUT2D eigenvalue weighted by molar-refractivity contribution is 0.0139. The molecule has 2 aromatic carbocycles. The summed E-state index contributed by atoms with van der Waals surface area (Å²) in [5.74, 6) is 4.16. The van der Waals surface area contributed by atoms with Gasteiger partial charge < -0.3 is 0 Å². The molecule has 0 saturated heterocycles. The Kier molecular flexibility index (Phi) is 6.13. The van der Waals surface area contributed by atoms with Crippen molar-refractivity contribution in [1.29, 1.82) is 0 Å². The highest BCUT2D eigenvalue weighted by Crippen LogP contribution is 2.33. The fraction of sp³-hybridized carbons (Fsp3) is 0.217. The van der Waals surface area contributed by atoms with Gasteiger partial charge in [-0.05, 0) is 44.0 Å². The van der Waals surface area contributed by atoms with Gasteiger partial charge in [-0.15, -0.1) is 0 Å². The van der Waals surface area contributed by atoms with Crippen molar-refractivity contribution in [1.82, 2.24) is 14.8 Å². The zero-order chi connectivity index (χ0) is 24.8. The number of halogens is 1. The van der Waals surface area contributed by atoms with E-state index >= 15 is 0 Å². The molecule has 1 atom stereocenters. The van der Waals surface area contributed by atoms with Crippen LogP contribution in [0.25, 0.3) is 5.70 Å². The Balaban J connectivity index is 1.84. The Morgan fingerprint density at radius 2 is 1.68 bits per heavy atom. The van der Waals surface area contributed by atoms with Gasteiger partial charge in [0, 0.05) is 35.6 Å². The van der Waals surface area contributed by atoms with Crippen LogP contribution in [0.1, 0.15) is 27.8 Å². The minimum absolute atomic E-state index is 0.0364. The summed E-state index contributed by atoms with van der Waals surface area (Å²) in [6.07, 6.45) is 4.59. The number of benzene rings is 2. The molecule has 3 aromatic rings. The van der Waals surface area contributed by atoms with Crippen molar-refractivity contribution in [2.24, 2.45) is 23.6 Å². The standard InChI is InChI=1S/C23H25ClN6O3S/c1-14-9-15(2)21(16(3)10-14)34(31,32)33-23(25)22(18-11-27-29(4)12-18)28-20(13-30(23)26)17-5-7-19(24)8-6-17/h5-13H,25-26H2,1-4H3. The van der Waals surface area contributed by atoms with Crippen LogP contribution in [0.4, 0.5) is 0 Å². The number of nitrogens with zero attached hydrogens (tertiary/aromatic N) is 4. The summed E-state index contributed by atoms with van der Waals surface area (Å²) in [6.45, 7) is 5.30. The Morgan fingerprint density at radius 3 is 2.24 bits per heavy atom. The molecule has 4 rings (SSSR count). The van der Waals surface area contributed by atoms with E-state index in [4.69, 9.17) is 27.4 Å². The largest absolute Gasteiger partial charge is 0.301 e. The van der Waals surface area contributed by atoms with Crippen LogP contribution in [0.15, 0.2) is 64.9 Å². The van der Waals surface area contributed by atoms with Gasteiger partial charge in [-0.2, -0.15) is 13.5 Å². The van der Waals surface area contributed by atoms with E-state index in [1.165, 1.54) is 12.4 Å². The highest BCUT2D eigenvalue weighted by atomic mass is 35.5. The number of nitrogens with two attached hydrogens (primary N) is 2. The van der Waals surface area contributed by atoms with E-state index in [1.54, 1.807) is 68.2 Å². The Labute approximate surface area is 203 Å². The number of hydrogen-bond donors (Lipinski definition) is 2. The number of hydrogen-bond acceptors (Lipinski definition) is 8. The highest BCUT2D eigenvalue weighted by molar-refractivity contribution is 7.87. The van der Waals surface area contributed by atoms with Crippen molar-refractivity contribution in [3.05, 3.63) is 87.8 Å². The van der Waals surface area contributed by atoms with Crippen LogP contribution in [-0.2, 0) is 21.3 Å². The molecular formula is C23H25ClN6O3S. The lowest BCUT2D eigenvalue weighted by atomic mass is 10.1. The van der Waals surface area contributed by atoms with Gasteiger partial charge in [0.25, 0.3) is 5.85 Å². The summed E-state index contributed by atoms with van der Waals surface area (Å²) in [6, 6.07) is 10.5. The molecule has 1 aliphatic rings. The van der Waals surface area contributed by atoms with Crippen LogP contribution < -0.4 is 11.6 Å². The van der Waals surface area contributed by atoms with E-state index < -0.39 is 16.0 Å². The normalized spacial score (nSPS) is 18.6. The first kappa shape index (κ1) is 24.1. The fourth-order valence-corrected chi connectivity index (χ4v) is 5.62. The summed E-state index contributed by atoms with van der Waals surface area (Å²) in [5.41, 5.74) is 10.3. The van der Waals surface area contributed by atoms with Crippen molar-refractivity contribution in [2.75, 3.05) is 0 Å². The number of aryl methyl sites for hydroxylation is 4. The highest BCUT2D eigenvalue weighted by Gasteiger charge is 2.46. The number of rotatable bonds is 5. The van der Waals surface area contributed by atoms with Crippen LogP contribution in [0, 0.1) is 20.8 Å². The first-order valence-electron chi connectivity index (χ1n) is 10.3. The van der Waals surface area contributed by atoms with E-state index in [1.807, 2.05) is 6.92 Å². The molecular weight excluding hydrogens is 476 g/mol. The van der Waals surface area contributed by atoms with Crippen LogP contribution in [-0.4, -0.2) is 34.8 Å². The summed E-state index contributed by atoms with van der Waals surface area (Å²) in [4.78, 5) is 4.69. The van der Waals surface area contributed by atoms with Gasteiger partial charge in [0.2, 0.25) is 0 Å². The minimum atomic E-state index is -4.35. The lowest BCUT2D eigenvalue weighted by Gasteiger charge is -2.39. The predicted octanol–water partition coefficient (Wildman–Crippen LogP) is 2.99. The second-order valence-corrected chi connectivity index (χ2v) is 10.2. The fourth-order valence-electron chi connectivity index (χ4n) is 4.01. The van der Waals surface area contributed by atoms with E-state index in [0.29, 0.717) is 33.0 Å². The number of aromatic nitrogens is 2. The molecule has 0 aliphatic carbocycles. The van der Waals surface area contributed by atoms with Gasteiger partial charge in [-0.1, -0.05) is 41.4 Å². The van der Waals surface area contributed by atoms with Gasteiger partial charge in [-0.3, -0.25) is 15.4 Å². The van der Waals surface area contributed by atoms with Crippen LogP contribution in [0.5, 0.6) is 0 Å². The molecule has 0 amide bonds. The molecule has 1 aliphatic heterocycles.